The number of nitrogens with two attached hydrogens (primary N) is 1. The molecule has 0 atom stereocenters. The minimum atomic E-state index is -0.747. The van der Waals surface area contributed by atoms with Gasteiger partial charge in [0.25, 0.3) is 5.69 Å². The minimum Gasteiger partial charge on any atom is -0.507 e. The SMILES string of the molecule is C=CCN(CCCCC)c1ccc(N)c2c1C(=O)c1c(O)ccc([N+](=O)[O-])c1C2=O. The first-order valence-electron chi connectivity index (χ1n) is 9.71. The summed E-state index contributed by atoms with van der Waals surface area (Å²) < 4.78 is 0. The summed E-state index contributed by atoms with van der Waals surface area (Å²) in [6.45, 7) is 6.92. The van der Waals surface area contributed by atoms with Crippen LogP contribution in [0.2, 0.25) is 0 Å². The Morgan fingerprint density at radius 1 is 1.10 bits per heavy atom. The third kappa shape index (κ3) is 3.41. The maximum Gasteiger partial charge on any atom is 0.281 e. The number of carbonyl (C=O) groups is 2. The lowest BCUT2D eigenvalue weighted by atomic mass is 9.80. The van der Waals surface area contributed by atoms with Crippen molar-refractivity contribution in [1.82, 2.24) is 0 Å². The molecule has 0 radical (unpaired) electrons. The zero-order chi connectivity index (χ0) is 22.0. The molecule has 0 fully saturated rings. The van der Waals surface area contributed by atoms with E-state index in [0.29, 0.717) is 18.8 Å². The average Bonchev–Trinajstić information content (AvgIpc) is 2.71. The number of nitro benzene ring substituents is 1. The fourth-order valence-corrected chi connectivity index (χ4v) is 3.81. The Balaban J connectivity index is 2.25. The van der Waals surface area contributed by atoms with E-state index >= 15 is 0 Å². The number of unbranched alkanes of at least 4 members (excludes halogenated alkanes) is 2. The normalized spacial score (nSPS) is 12.3. The molecule has 0 amide bonds. The second-order valence-corrected chi connectivity index (χ2v) is 7.13. The molecule has 3 N–H and O–H groups in total. The highest BCUT2D eigenvalue weighted by atomic mass is 16.6. The zero-order valence-corrected chi connectivity index (χ0v) is 16.7. The maximum absolute atomic E-state index is 13.4. The number of phenolic OH excluding ortho intramolecular Hbond substituents is 1. The average molecular weight is 409 g/mol. The van der Waals surface area contributed by atoms with Gasteiger partial charge in [0.05, 0.1) is 21.6 Å². The molecule has 1 aliphatic rings. The van der Waals surface area contributed by atoms with Crippen LogP contribution in [0.3, 0.4) is 0 Å². The van der Waals surface area contributed by atoms with Crippen LogP contribution in [0, 0.1) is 10.1 Å². The molecule has 0 spiro atoms. The van der Waals surface area contributed by atoms with Gasteiger partial charge in [-0.3, -0.25) is 19.7 Å². The first-order chi connectivity index (χ1) is 14.3. The number of ketones is 2. The van der Waals surface area contributed by atoms with Crippen molar-refractivity contribution in [3.8, 4) is 5.75 Å². The van der Waals surface area contributed by atoms with Crippen LogP contribution in [0.1, 0.15) is 58.0 Å². The molecule has 0 aromatic heterocycles. The highest BCUT2D eigenvalue weighted by Gasteiger charge is 2.40. The van der Waals surface area contributed by atoms with E-state index in [-0.39, 0.29) is 22.4 Å². The Labute approximate surface area is 173 Å². The van der Waals surface area contributed by atoms with Crippen molar-refractivity contribution in [3.63, 3.8) is 0 Å². The molecule has 0 unspecified atom stereocenters. The lowest BCUT2D eigenvalue weighted by Crippen LogP contribution is -2.31. The van der Waals surface area contributed by atoms with E-state index < -0.39 is 33.5 Å². The predicted octanol–water partition coefficient (Wildman–Crippen LogP) is 3.84. The quantitative estimate of drug-likeness (QED) is 0.190. The second-order valence-electron chi connectivity index (χ2n) is 7.13. The van der Waals surface area contributed by atoms with E-state index in [2.05, 4.69) is 13.5 Å². The largest absolute Gasteiger partial charge is 0.507 e. The number of phenols is 1. The molecule has 1 aliphatic carbocycles. The number of anilines is 2. The van der Waals surface area contributed by atoms with Gasteiger partial charge in [-0.25, -0.2) is 0 Å². The third-order valence-corrected chi connectivity index (χ3v) is 5.20. The first kappa shape index (κ1) is 21.0. The van der Waals surface area contributed by atoms with E-state index in [0.717, 1.165) is 31.4 Å². The van der Waals surface area contributed by atoms with Gasteiger partial charge in [0.1, 0.15) is 11.3 Å². The van der Waals surface area contributed by atoms with Crippen molar-refractivity contribution in [2.45, 2.75) is 26.2 Å². The van der Waals surface area contributed by atoms with Gasteiger partial charge in [0.2, 0.25) is 11.6 Å². The summed E-state index contributed by atoms with van der Waals surface area (Å²) in [6, 6.07) is 5.25. The number of nitrogens with zero attached hydrogens (tertiary/aromatic N) is 2. The van der Waals surface area contributed by atoms with Crippen LogP contribution in [0.25, 0.3) is 0 Å². The number of rotatable bonds is 8. The van der Waals surface area contributed by atoms with E-state index in [1.54, 1.807) is 12.1 Å². The maximum atomic E-state index is 13.4. The van der Waals surface area contributed by atoms with E-state index in [4.69, 9.17) is 5.73 Å². The van der Waals surface area contributed by atoms with Gasteiger partial charge in [-0.15, -0.1) is 6.58 Å². The molecule has 0 bridgehead atoms. The van der Waals surface area contributed by atoms with Crippen LogP contribution >= 0.6 is 0 Å². The number of benzene rings is 2. The Kier molecular flexibility index (Phi) is 5.86. The number of hydrogen-bond acceptors (Lipinski definition) is 7. The summed E-state index contributed by atoms with van der Waals surface area (Å²) >= 11 is 0. The lowest BCUT2D eigenvalue weighted by molar-refractivity contribution is -0.385. The molecular weight excluding hydrogens is 386 g/mol. The van der Waals surface area contributed by atoms with Crippen molar-refractivity contribution in [2.24, 2.45) is 0 Å². The van der Waals surface area contributed by atoms with Gasteiger partial charge >= 0.3 is 0 Å². The summed E-state index contributed by atoms with van der Waals surface area (Å²) in [7, 11) is 0. The van der Waals surface area contributed by atoms with Gasteiger partial charge in [0, 0.05) is 30.5 Å². The number of nitrogen functional groups attached to an aromatic ring is 1. The van der Waals surface area contributed by atoms with Crippen LogP contribution in [-0.2, 0) is 0 Å². The molecule has 0 heterocycles. The Bertz CT molecular complexity index is 1060. The van der Waals surface area contributed by atoms with Crippen molar-refractivity contribution in [2.75, 3.05) is 23.7 Å². The van der Waals surface area contributed by atoms with Crippen LogP contribution in [0.5, 0.6) is 5.75 Å². The van der Waals surface area contributed by atoms with E-state index in [1.165, 1.54) is 6.07 Å². The molecule has 8 heteroatoms. The lowest BCUT2D eigenvalue weighted by Gasteiger charge is -2.29. The molecule has 8 nitrogen and oxygen atoms in total. The number of hydrogen-bond donors (Lipinski definition) is 2. The predicted molar refractivity (Wildman–Crippen MR) is 114 cm³/mol. The molecule has 0 saturated heterocycles. The zero-order valence-electron chi connectivity index (χ0n) is 16.7. The van der Waals surface area contributed by atoms with Crippen molar-refractivity contribution in [1.29, 1.82) is 0 Å². The Morgan fingerprint density at radius 3 is 2.43 bits per heavy atom. The fourth-order valence-electron chi connectivity index (χ4n) is 3.81. The number of carbonyl (C=O) groups excluding carboxylic acids is 2. The van der Waals surface area contributed by atoms with Crippen molar-refractivity contribution < 1.29 is 19.6 Å². The fraction of sp³-hybridized carbons (Fsp3) is 0.273. The molecule has 2 aromatic rings. The summed E-state index contributed by atoms with van der Waals surface area (Å²) in [5.74, 6) is -1.88. The molecule has 2 aromatic carbocycles. The Morgan fingerprint density at radius 2 is 1.80 bits per heavy atom. The van der Waals surface area contributed by atoms with Crippen LogP contribution in [0.15, 0.2) is 36.9 Å². The first-order valence-corrected chi connectivity index (χ1v) is 9.71. The highest BCUT2D eigenvalue weighted by Crippen LogP contribution is 2.42. The standard InChI is InChI=1S/C22H23N3O5/c1-3-5-6-12-24(11-4-2)14-8-7-13(23)17-18(14)22(28)20-16(26)10-9-15(25(29)30)19(20)21(17)27/h4,7-10,26H,2-3,5-6,11-12,23H2,1H3. The van der Waals surface area contributed by atoms with Gasteiger partial charge in [-0.1, -0.05) is 25.8 Å². The van der Waals surface area contributed by atoms with Gasteiger partial charge in [0.15, 0.2) is 0 Å². The summed E-state index contributed by atoms with van der Waals surface area (Å²) in [4.78, 5) is 39.3. The Hall–Kier alpha value is -3.68. The van der Waals surface area contributed by atoms with Crippen LogP contribution in [-0.4, -0.2) is 34.7 Å². The number of aromatic hydroxyl groups is 1. The molecule has 0 aliphatic heterocycles. The number of nitro groups is 1. The van der Waals surface area contributed by atoms with E-state index in [1.807, 2.05) is 4.90 Å². The van der Waals surface area contributed by atoms with E-state index in [9.17, 15) is 24.8 Å². The van der Waals surface area contributed by atoms with Gasteiger partial charge < -0.3 is 15.7 Å². The molecule has 30 heavy (non-hydrogen) atoms. The molecule has 3 rings (SSSR count). The smallest absolute Gasteiger partial charge is 0.281 e. The summed E-state index contributed by atoms with van der Waals surface area (Å²) in [6.07, 6.45) is 4.58. The minimum absolute atomic E-state index is 0.0571. The number of fused-ring (bicyclic) bond motifs is 2. The van der Waals surface area contributed by atoms with Gasteiger partial charge in [-0.2, -0.15) is 0 Å². The molecular formula is C22H23N3O5. The molecule has 0 saturated carbocycles. The van der Waals surface area contributed by atoms with Crippen LogP contribution in [0.4, 0.5) is 17.1 Å². The second kappa shape index (κ2) is 8.36. The topological polar surface area (TPSA) is 127 Å². The summed E-state index contributed by atoms with van der Waals surface area (Å²) in [5, 5.41) is 21.7. The van der Waals surface area contributed by atoms with Gasteiger partial charge in [-0.05, 0) is 24.6 Å². The van der Waals surface area contributed by atoms with Crippen molar-refractivity contribution >= 4 is 28.6 Å². The monoisotopic (exact) mass is 409 g/mol. The van der Waals surface area contributed by atoms with Crippen molar-refractivity contribution in [3.05, 3.63) is 69.3 Å². The summed E-state index contributed by atoms with van der Waals surface area (Å²) in [5.41, 5.74) is 5.25. The van der Waals surface area contributed by atoms with Crippen LogP contribution < -0.4 is 10.6 Å². The highest BCUT2D eigenvalue weighted by molar-refractivity contribution is 6.33. The third-order valence-electron chi connectivity index (χ3n) is 5.20. The molecule has 156 valence electrons.